The van der Waals surface area contributed by atoms with Gasteiger partial charge in [0.15, 0.2) is 11.0 Å². The van der Waals surface area contributed by atoms with Crippen molar-refractivity contribution in [2.75, 3.05) is 19.0 Å². The van der Waals surface area contributed by atoms with Crippen LogP contribution in [0.2, 0.25) is 0 Å². The third kappa shape index (κ3) is 2.05. The monoisotopic (exact) mass is 266 g/mol. The number of hydrogen-bond donors (Lipinski definition) is 1. The van der Waals surface area contributed by atoms with Crippen LogP contribution in [0.3, 0.4) is 0 Å². The molecule has 20 heavy (non-hydrogen) atoms. The van der Waals surface area contributed by atoms with Crippen molar-refractivity contribution in [1.82, 2.24) is 4.98 Å². The van der Waals surface area contributed by atoms with Gasteiger partial charge in [-0.2, -0.15) is 0 Å². The first-order valence-electron chi connectivity index (χ1n) is 6.99. The largest absolute Gasteiger partial charge is 0.378 e. The van der Waals surface area contributed by atoms with E-state index in [1.807, 2.05) is 0 Å². The van der Waals surface area contributed by atoms with Gasteiger partial charge >= 0.3 is 0 Å². The van der Waals surface area contributed by atoms with Gasteiger partial charge in [0.1, 0.15) is 0 Å². The molecule has 2 aromatic carbocycles. The van der Waals surface area contributed by atoms with Crippen LogP contribution in [0.5, 0.6) is 0 Å². The second-order valence-electron chi connectivity index (χ2n) is 5.18. The topological polar surface area (TPSA) is 22.9 Å². The summed E-state index contributed by atoms with van der Waals surface area (Å²) in [5.74, 6) is 1.17. The fraction of sp³-hybridized carbons (Fsp3) is 0.235. The van der Waals surface area contributed by atoms with Gasteiger partial charge in [-0.15, -0.1) is 0 Å². The molecule has 0 atom stereocenters. The highest BCUT2D eigenvalue weighted by Crippen LogP contribution is 2.21. The molecule has 0 aliphatic carbocycles. The van der Waals surface area contributed by atoms with Gasteiger partial charge < -0.3 is 4.90 Å². The summed E-state index contributed by atoms with van der Waals surface area (Å²) in [6, 6.07) is 17.1. The number of hydrogen-bond acceptors (Lipinski definition) is 1. The van der Waals surface area contributed by atoms with Crippen molar-refractivity contribution in [1.29, 1.82) is 0 Å². The van der Waals surface area contributed by atoms with Crippen molar-refractivity contribution in [3.05, 3.63) is 48.5 Å². The van der Waals surface area contributed by atoms with Crippen LogP contribution in [0.15, 0.2) is 48.5 Å². The molecule has 3 rings (SSSR count). The van der Waals surface area contributed by atoms with Crippen LogP contribution in [-0.2, 0) is 6.54 Å². The minimum absolute atomic E-state index is 0.953. The van der Waals surface area contributed by atoms with Gasteiger partial charge in [-0.3, -0.25) is 0 Å². The van der Waals surface area contributed by atoms with Crippen molar-refractivity contribution in [2.45, 2.75) is 13.5 Å². The van der Waals surface area contributed by atoms with Crippen LogP contribution < -0.4 is 9.47 Å². The Morgan fingerprint density at radius 3 is 2.35 bits per heavy atom. The number of aromatic amines is 1. The Bertz CT molecular complexity index is 724. The maximum atomic E-state index is 3.53. The molecule has 0 unspecified atom stereocenters. The van der Waals surface area contributed by atoms with Crippen molar-refractivity contribution in [3.63, 3.8) is 0 Å². The number of rotatable bonds is 3. The minimum Gasteiger partial charge on any atom is -0.378 e. The standard InChI is InChI=1S/C17H19N3/c1-4-20-16-8-6-5-7-15(16)18-17(20)13-9-11-14(12-10-13)19(2)3/h5-12H,4H2,1-3H3/p+1. The summed E-state index contributed by atoms with van der Waals surface area (Å²) in [5, 5.41) is 0. The lowest BCUT2D eigenvalue weighted by molar-refractivity contribution is -0.656. The number of aryl methyl sites for hydroxylation is 1. The predicted molar refractivity (Wildman–Crippen MR) is 83.9 cm³/mol. The lowest BCUT2D eigenvalue weighted by Gasteiger charge is -2.11. The van der Waals surface area contributed by atoms with E-state index in [-0.39, 0.29) is 0 Å². The molecule has 1 heterocycles. The molecule has 0 bridgehead atoms. The third-order valence-electron chi connectivity index (χ3n) is 3.69. The van der Waals surface area contributed by atoms with Crippen molar-refractivity contribution >= 4 is 16.7 Å². The second-order valence-corrected chi connectivity index (χ2v) is 5.18. The number of anilines is 1. The summed E-state index contributed by atoms with van der Waals surface area (Å²) in [5.41, 5.74) is 4.87. The van der Waals surface area contributed by atoms with Gasteiger partial charge in [-0.1, -0.05) is 12.1 Å². The highest BCUT2D eigenvalue weighted by molar-refractivity contribution is 5.74. The molecule has 0 fully saturated rings. The number of fused-ring (bicyclic) bond motifs is 1. The Balaban J connectivity index is 2.13. The quantitative estimate of drug-likeness (QED) is 0.723. The predicted octanol–water partition coefficient (Wildman–Crippen LogP) is 3.21. The van der Waals surface area contributed by atoms with Crippen LogP contribution in [0.4, 0.5) is 5.69 Å². The zero-order chi connectivity index (χ0) is 14.1. The SMILES string of the molecule is CC[n+]1c(-c2ccc(N(C)C)cc2)[nH]c2ccccc21. The van der Waals surface area contributed by atoms with E-state index < -0.39 is 0 Å². The average Bonchev–Trinajstić information content (AvgIpc) is 2.85. The summed E-state index contributed by atoms with van der Waals surface area (Å²) < 4.78 is 2.32. The number of benzene rings is 2. The molecule has 3 aromatic rings. The number of nitrogens with zero attached hydrogens (tertiary/aromatic N) is 2. The molecule has 0 saturated heterocycles. The Kier molecular flexibility index (Phi) is 3.18. The fourth-order valence-corrected chi connectivity index (χ4v) is 2.60. The Morgan fingerprint density at radius 2 is 1.70 bits per heavy atom. The molecule has 3 heteroatoms. The van der Waals surface area contributed by atoms with E-state index in [1.54, 1.807) is 0 Å². The van der Waals surface area contributed by atoms with Gasteiger partial charge in [0, 0.05) is 19.8 Å². The first kappa shape index (κ1) is 12.7. The first-order chi connectivity index (χ1) is 9.70. The Morgan fingerprint density at radius 1 is 1.00 bits per heavy atom. The van der Waals surface area contributed by atoms with Crippen molar-refractivity contribution < 1.29 is 4.57 Å². The van der Waals surface area contributed by atoms with Gasteiger partial charge in [-0.25, -0.2) is 9.55 Å². The number of para-hydroxylation sites is 2. The summed E-state index contributed by atoms with van der Waals surface area (Å²) in [6.45, 7) is 3.13. The minimum atomic E-state index is 0.953. The molecule has 0 saturated carbocycles. The van der Waals surface area contributed by atoms with Gasteiger partial charge in [-0.05, 0) is 43.3 Å². The molecule has 1 aromatic heterocycles. The van der Waals surface area contributed by atoms with E-state index >= 15 is 0 Å². The van der Waals surface area contributed by atoms with E-state index in [0.717, 1.165) is 6.54 Å². The smallest absolute Gasteiger partial charge is 0.287 e. The molecule has 3 nitrogen and oxygen atoms in total. The lowest BCUT2D eigenvalue weighted by Crippen LogP contribution is -2.33. The Labute approximate surface area is 119 Å². The zero-order valence-corrected chi connectivity index (χ0v) is 12.2. The number of imidazole rings is 1. The van der Waals surface area contributed by atoms with E-state index in [1.165, 1.54) is 28.1 Å². The average molecular weight is 266 g/mol. The van der Waals surface area contributed by atoms with Gasteiger partial charge in [0.05, 0.1) is 12.1 Å². The van der Waals surface area contributed by atoms with Crippen molar-refractivity contribution in [2.24, 2.45) is 0 Å². The summed E-state index contributed by atoms with van der Waals surface area (Å²) in [6.07, 6.45) is 0. The first-order valence-corrected chi connectivity index (χ1v) is 6.99. The van der Waals surface area contributed by atoms with Crippen LogP contribution in [0, 0.1) is 0 Å². The maximum Gasteiger partial charge on any atom is 0.287 e. The fourth-order valence-electron chi connectivity index (χ4n) is 2.60. The maximum absolute atomic E-state index is 3.53. The molecule has 0 amide bonds. The molecule has 0 aliphatic heterocycles. The molecule has 0 spiro atoms. The summed E-state index contributed by atoms with van der Waals surface area (Å²) >= 11 is 0. The van der Waals surface area contributed by atoms with Crippen LogP contribution in [-0.4, -0.2) is 19.1 Å². The zero-order valence-electron chi connectivity index (χ0n) is 12.2. The van der Waals surface area contributed by atoms with Crippen molar-refractivity contribution in [3.8, 4) is 11.4 Å². The van der Waals surface area contributed by atoms with E-state index in [0.29, 0.717) is 0 Å². The van der Waals surface area contributed by atoms with E-state index in [9.17, 15) is 0 Å². The van der Waals surface area contributed by atoms with Crippen LogP contribution in [0.25, 0.3) is 22.4 Å². The van der Waals surface area contributed by atoms with Crippen LogP contribution in [0.1, 0.15) is 6.92 Å². The normalized spacial score (nSPS) is 10.9. The van der Waals surface area contributed by atoms with E-state index in [4.69, 9.17) is 0 Å². The molecular weight excluding hydrogens is 246 g/mol. The Hall–Kier alpha value is -2.29. The van der Waals surface area contributed by atoms with Crippen LogP contribution >= 0.6 is 0 Å². The highest BCUT2D eigenvalue weighted by atomic mass is 15.1. The second kappa shape index (κ2) is 5.00. The number of aromatic nitrogens is 2. The number of H-pyrrole nitrogens is 1. The molecule has 0 radical (unpaired) electrons. The lowest BCUT2D eigenvalue weighted by atomic mass is 10.2. The highest BCUT2D eigenvalue weighted by Gasteiger charge is 2.18. The summed E-state index contributed by atoms with van der Waals surface area (Å²) in [4.78, 5) is 5.64. The molecular formula is C17H20N3+. The van der Waals surface area contributed by atoms with E-state index in [2.05, 4.69) is 84.0 Å². The van der Waals surface area contributed by atoms with Gasteiger partial charge in [0.25, 0.3) is 5.82 Å². The molecule has 0 aliphatic rings. The van der Waals surface area contributed by atoms with Gasteiger partial charge in [0.2, 0.25) is 0 Å². The molecule has 102 valence electrons. The third-order valence-corrected chi connectivity index (χ3v) is 3.69. The summed E-state index contributed by atoms with van der Waals surface area (Å²) in [7, 11) is 4.12. The molecule has 1 N–H and O–H groups in total. The number of nitrogens with one attached hydrogen (secondary N) is 1.